The number of hydrogen-bond donors (Lipinski definition) is 1. The molecule has 7 nitrogen and oxygen atoms in total. The quantitative estimate of drug-likeness (QED) is 0.846. The monoisotopic (exact) mass is 318 g/mol. The van der Waals surface area contributed by atoms with Crippen LogP contribution < -0.4 is 10.1 Å². The molecule has 1 N–H and O–H groups in total. The van der Waals surface area contributed by atoms with Crippen LogP contribution in [0.1, 0.15) is 19.0 Å². The molecule has 7 heteroatoms. The fourth-order valence-corrected chi connectivity index (χ4v) is 3.44. The zero-order valence-corrected chi connectivity index (χ0v) is 13.5. The number of pyridine rings is 1. The molecule has 2 amide bonds. The van der Waals surface area contributed by atoms with Crippen LogP contribution in [0.25, 0.3) is 0 Å². The lowest BCUT2D eigenvalue weighted by atomic mass is 10.1. The van der Waals surface area contributed by atoms with Crippen LogP contribution in [0.3, 0.4) is 0 Å². The third-order valence-electron chi connectivity index (χ3n) is 4.35. The number of nitrogens with one attached hydrogen (secondary N) is 1. The highest BCUT2D eigenvalue weighted by Gasteiger charge is 2.40. The maximum Gasteiger partial charge on any atom is 0.237 e. The van der Waals surface area contributed by atoms with Gasteiger partial charge in [0.25, 0.3) is 0 Å². The van der Waals surface area contributed by atoms with E-state index in [-0.39, 0.29) is 23.9 Å². The van der Waals surface area contributed by atoms with Gasteiger partial charge >= 0.3 is 0 Å². The highest BCUT2D eigenvalue weighted by Crippen LogP contribution is 2.24. The molecular formula is C16H22N4O3. The standard InChI is InChI=1S/C16H22N4O3/c1-11(21)17-13-6-14-9-19(10-16(22)20(14)8-13)7-12-4-3-5-15(18-12)23-2/h3-5,13-14H,6-10H2,1-2H3,(H,17,21)/t13-,14-/m0/s1. The first kappa shape index (κ1) is 15.7. The minimum absolute atomic E-state index is 0.0419. The van der Waals surface area contributed by atoms with Gasteiger partial charge in [0.05, 0.1) is 19.3 Å². The molecule has 2 aliphatic heterocycles. The van der Waals surface area contributed by atoms with Crippen LogP contribution in [0.2, 0.25) is 0 Å². The van der Waals surface area contributed by atoms with Crippen molar-refractivity contribution in [1.82, 2.24) is 20.1 Å². The molecule has 0 radical (unpaired) electrons. The number of carbonyl (C=O) groups is 2. The van der Waals surface area contributed by atoms with Gasteiger partial charge in [-0.1, -0.05) is 6.07 Å². The van der Waals surface area contributed by atoms with E-state index in [9.17, 15) is 9.59 Å². The molecule has 0 saturated carbocycles. The minimum atomic E-state index is -0.0419. The topological polar surface area (TPSA) is 74.8 Å². The Kier molecular flexibility index (Phi) is 4.47. The molecule has 0 unspecified atom stereocenters. The van der Waals surface area contributed by atoms with E-state index in [2.05, 4.69) is 15.2 Å². The zero-order chi connectivity index (χ0) is 16.4. The van der Waals surface area contributed by atoms with E-state index >= 15 is 0 Å². The van der Waals surface area contributed by atoms with E-state index in [1.165, 1.54) is 6.92 Å². The molecule has 1 aromatic rings. The van der Waals surface area contributed by atoms with Crippen LogP contribution in [-0.2, 0) is 16.1 Å². The number of fused-ring (bicyclic) bond motifs is 1. The highest BCUT2D eigenvalue weighted by molar-refractivity contribution is 5.80. The normalized spacial score (nSPS) is 24.4. The summed E-state index contributed by atoms with van der Waals surface area (Å²) in [6.07, 6.45) is 0.813. The lowest BCUT2D eigenvalue weighted by Crippen LogP contribution is -2.53. The molecule has 1 aromatic heterocycles. The molecule has 2 aliphatic rings. The molecular weight excluding hydrogens is 296 g/mol. The molecule has 0 bridgehead atoms. The molecule has 124 valence electrons. The average molecular weight is 318 g/mol. The number of piperazine rings is 1. The smallest absolute Gasteiger partial charge is 0.237 e. The zero-order valence-electron chi connectivity index (χ0n) is 13.5. The van der Waals surface area contributed by atoms with Gasteiger partial charge in [-0.25, -0.2) is 4.98 Å². The van der Waals surface area contributed by atoms with E-state index in [0.717, 1.165) is 18.7 Å². The van der Waals surface area contributed by atoms with Gasteiger partial charge in [0, 0.05) is 44.7 Å². The number of aromatic nitrogens is 1. The fourth-order valence-electron chi connectivity index (χ4n) is 3.44. The second-order valence-electron chi connectivity index (χ2n) is 6.17. The number of hydrogen-bond acceptors (Lipinski definition) is 5. The second-order valence-corrected chi connectivity index (χ2v) is 6.17. The summed E-state index contributed by atoms with van der Waals surface area (Å²) in [6.45, 7) is 3.95. The predicted octanol–water partition coefficient (Wildman–Crippen LogP) is 0.0114. The molecule has 2 atom stereocenters. The average Bonchev–Trinajstić information content (AvgIpc) is 2.89. The van der Waals surface area contributed by atoms with E-state index in [1.807, 2.05) is 23.1 Å². The second kappa shape index (κ2) is 6.54. The van der Waals surface area contributed by atoms with Crippen LogP contribution >= 0.6 is 0 Å². The van der Waals surface area contributed by atoms with Gasteiger partial charge < -0.3 is 15.0 Å². The molecule has 0 aliphatic carbocycles. The van der Waals surface area contributed by atoms with Crippen LogP contribution in [0, 0.1) is 0 Å². The lowest BCUT2D eigenvalue weighted by Gasteiger charge is -2.36. The van der Waals surface area contributed by atoms with Gasteiger partial charge in [0.15, 0.2) is 0 Å². The Hall–Kier alpha value is -2.15. The van der Waals surface area contributed by atoms with Crippen molar-refractivity contribution in [1.29, 1.82) is 0 Å². The summed E-state index contributed by atoms with van der Waals surface area (Å²) in [4.78, 5) is 32.0. The number of rotatable bonds is 4. The Balaban J connectivity index is 1.63. The summed E-state index contributed by atoms with van der Waals surface area (Å²) in [6, 6.07) is 5.88. The van der Waals surface area contributed by atoms with Crippen molar-refractivity contribution in [3.8, 4) is 5.88 Å². The van der Waals surface area contributed by atoms with Crippen LogP contribution in [-0.4, -0.2) is 65.4 Å². The Morgan fingerprint density at radius 2 is 2.26 bits per heavy atom. The molecule has 2 saturated heterocycles. The van der Waals surface area contributed by atoms with Crippen molar-refractivity contribution in [2.45, 2.75) is 32.0 Å². The first-order valence-electron chi connectivity index (χ1n) is 7.84. The SMILES string of the molecule is COc1cccc(CN2CC(=O)N3C[C@@H](NC(C)=O)C[C@H]3C2)n1. The van der Waals surface area contributed by atoms with E-state index in [1.54, 1.807) is 7.11 Å². The van der Waals surface area contributed by atoms with Crippen molar-refractivity contribution in [2.24, 2.45) is 0 Å². The van der Waals surface area contributed by atoms with Crippen molar-refractivity contribution in [3.63, 3.8) is 0 Å². The molecule has 23 heavy (non-hydrogen) atoms. The van der Waals surface area contributed by atoms with E-state index in [0.29, 0.717) is 25.5 Å². The number of nitrogens with zero attached hydrogens (tertiary/aromatic N) is 3. The van der Waals surface area contributed by atoms with Gasteiger partial charge in [-0.3, -0.25) is 14.5 Å². The minimum Gasteiger partial charge on any atom is -0.481 e. The summed E-state index contributed by atoms with van der Waals surface area (Å²) in [7, 11) is 1.59. The Bertz CT molecular complexity index is 607. The third kappa shape index (κ3) is 3.61. The Morgan fingerprint density at radius 1 is 1.43 bits per heavy atom. The van der Waals surface area contributed by atoms with Crippen LogP contribution in [0.5, 0.6) is 5.88 Å². The van der Waals surface area contributed by atoms with Gasteiger partial charge in [-0.2, -0.15) is 0 Å². The summed E-state index contributed by atoms with van der Waals surface area (Å²) < 4.78 is 5.14. The fraction of sp³-hybridized carbons (Fsp3) is 0.562. The van der Waals surface area contributed by atoms with Gasteiger partial charge in [0.2, 0.25) is 17.7 Å². The molecule has 3 heterocycles. The third-order valence-corrected chi connectivity index (χ3v) is 4.35. The maximum absolute atomic E-state index is 12.4. The molecule has 2 fully saturated rings. The Labute approximate surface area is 135 Å². The summed E-state index contributed by atoms with van der Waals surface area (Å²) in [5.41, 5.74) is 0.891. The van der Waals surface area contributed by atoms with Crippen molar-refractivity contribution in [2.75, 3.05) is 26.7 Å². The van der Waals surface area contributed by atoms with Crippen molar-refractivity contribution in [3.05, 3.63) is 23.9 Å². The molecule has 0 aromatic carbocycles. The van der Waals surface area contributed by atoms with E-state index in [4.69, 9.17) is 4.74 Å². The summed E-state index contributed by atoms with van der Waals surface area (Å²) in [5.74, 6) is 0.663. The number of methoxy groups -OCH3 is 1. The number of amides is 2. The molecule has 3 rings (SSSR count). The van der Waals surface area contributed by atoms with Gasteiger partial charge in [-0.15, -0.1) is 0 Å². The lowest BCUT2D eigenvalue weighted by molar-refractivity contribution is -0.138. The van der Waals surface area contributed by atoms with Gasteiger partial charge in [-0.05, 0) is 12.5 Å². The van der Waals surface area contributed by atoms with Crippen molar-refractivity contribution >= 4 is 11.8 Å². The predicted molar refractivity (Wildman–Crippen MR) is 83.8 cm³/mol. The molecule has 0 spiro atoms. The largest absolute Gasteiger partial charge is 0.481 e. The first-order valence-corrected chi connectivity index (χ1v) is 7.84. The number of ether oxygens (including phenoxy) is 1. The van der Waals surface area contributed by atoms with Crippen LogP contribution in [0.15, 0.2) is 18.2 Å². The highest BCUT2D eigenvalue weighted by atomic mass is 16.5. The maximum atomic E-state index is 12.4. The Morgan fingerprint density at radius 3 is 3.00 bits per heavy atom. The summed E-state index contributed by atoms with van der Waals surface area (Å²) >= 11 is 0. The first-order chi connectivity index (χ1) is 11.0. The summed E-state index contributed by atoms with van der Waals surface area (Å²) in [5, 5.41) is 2.92. The van der Waals surface area contributed by atoms with Gasteiger partial charge in [0.1, 0.15) is 0 Å². The van der Waals surface area contributed by atoms with Crippen molar-refractivity contribution < 1.29 is 14.3 Å². The number of carbonyl (C=O) groups excluding carboxylic acids is 2. The van der Waals surface area contributed by atoms with E-state index < -0.39 is 0 Å². The van der Waals surface area contributed by atoms with Crippen LogP contribution in [0.4, 0.5) is 0 Å².